The number of pyridine rings is 1. The zero-order valence-corrected chi connectivity index (χ0v) is 8.50. The van der Waals surface area contributed by atoms with Crippen LogP contribution in [-0.4, -0.2) is 4.98 Å². The van der Waals surface area contributed by atoms with Crippen LogP contribution in [0.1, 0.15) is 0 Å². The molecule has 0 fully saturated rings. The van der Waals surface area contributed by atoms with Gasteiger partial charge in [0, 0.05) is 5.56 Å². The highest BCUT2D eigenvalue weighted by atomic mass is 35.5. The molecule has 0 saturated heterocycles. The highest BCUT2D eigenvalue weighted by molar-refractivity contribution is 6.31. The minimum Gasteiger partial charge on any atom is -0.397 e. The molecule has 2 aromatic rings. The molecule has 0 unspecified atom stereocenters. The number of rotatable bonds is 1. The minimum atomic E-state index is -0.434. The van der Waals surface area contributed by atoms with Crippen LogP contribution in [0.25, 0.3) is 11.3 Å². The van der Waals surface area contributed by atoms with Gasteiger partial charge in [0.25, 0.3) is 0 Å². The molecule has 2 rings (SSSR count). The molecule has 0 saturated carbocycles. The smallest absolute Gasteiger partial charge is 0.141 e. The summed E-state index contributed by atoms with van der Waals surface area (Å²) < 4.78 is 12.9. The third-order valence-electron chi connectivity index (χ3n) is 2.00. The van der Waals surface area contributed by atoms with Crippen LogP contribution in [0.2, 0.25) is 5.02 Å². The Morgan fingerprint density at radius 1 is 1.20 bits per heavy atom. The molecule has 0 bridgehead atoms. The van der Waals surface area contributed by atoms with Gasteiger partial charge in [-0.05, 0) is 30.3 Å². The van der Waals surface area contributed by atoms with E-state index in [1.54, 1.807) is 24.4 Å². The zero-order valence-electron chi connectivity index (χ0n) is 7.74. The Hall–Kier alpha value is -1.61. The van der Waals surface area contributed by atoms with E-state index in [1.807, 2.05) is 0 Å². The first kappa shape index (κ1) is 9.93. The monoisotopic (exact) mass is 222 g/mol. The molecule has 2 nitrogen and oxygen atoms in total. The molecule has 4 heteroatoms. The number of benzene rings is 1. The number of halogens is 2. The van der Waals surface area contributed by atoms with Crippen molar-refractivity contribution in [1.82, 2.24) is 4.98 Å². The van der Waals surface area contributed by atoms with Gasteiger partial charge < -0.3 is 5.73 Å². The fourth-order valence-corrected chi connectivity index (χ4v) is 1.41. The van der Waals surface area contributed by atoms with Crippen LogP contribution in [-0.2, 0) is 0 Å². The van der Waals surface area contributed by atoms with Crippen LogP contribution in [0.3, 0.4) is 0 Å². The highest BCUT2D eigenvalue weighted by Crippen LogP contribution is 2.23. The maximum Gasteiger partial charge on any atom is 0.141 e. The normalized spacial score (nSPS) is 10.3. The fraction of sp³-hybridized carbons (Fsp3) is 0. The Kier molecular flexibility index (Phi) is 2.56. The van der Waals surface area contributed by atoms with Gasteiger partial charge in [0.15, 0.2) is 0 Å². The Balaban J connectivity index is 2.45. The number of nitrogen functional groups attached to an aromatic ring is 1. The lowest BCUT2D eigenvalue weighted by Crippen LogP contribution is -1.88. The average molecular weight is 223 g/mol. The van der Waals surface area contributed by atoms with Crippen LogP contribution >= 0.6 is 11.6 Å². The second-order valence-electron chi connectivity index (χ2n) is 3.11. The Bertz CT molecular complexity index is 482. The van der Waals surface area contributed by atoms with Gasteiger partial charge in [-0.2, -0.15) is 0 Å². The van der Waals surface area contributed by atoms with Crippen molar-refractivity contribution in [3.63, 3.8) is 0 Å². The van der Waals surface area contributed by atoms with Crippen molar-refractivity contribution < 1.29 is 4.39 Å². The van der Waals surface area contributed by atoms with E-state index in [0.717, 1.165) is 5.56 Å². The van der Waals surface area contributed by atoms with Crippen LogP contribution in [0, 0.1) is 5.82 Å². The van der Waals surface area contributed by atoms with Crippen LogP contribution in [0.5, 0.6) is 0 Å². The van der Waals surface area contributed by atoms with E-state index in [0.29, 0.717) is 11.4 Å². The van der Waals surface area contributed by atoms with Gasteiger partial charge in [0.1, 0.15) is 5.82 Å². The molecular weight excluding hydrogens is 215 g/mol. The second-order valence-corrected chi connectivity index (χ2v) is 3.51. The number of hydrogen-bond acceptors (Lipinski definition) is 2. The van der Waals surface area contributed by atoms with Gasteiger partial charge in [-0.25, -0.2) is 4.39 Å². The van der Waals surface area contributed by atoms with E-state index in [2.05, 4.69) is 4.98 Å². The van der Waals surface area contributed by atoms with Crippen molar-refractivity contribution in [3.05, 3.63) is 47.4 Å². The quantitative estimate of drug-likeness (QED) is 0.805. The maximum atomic E-state index is 12.9. The topological polar surface area (TPSA) is 38.9 Å². The first-order valence-electron chi connectivity index (χ1n) is 4.34. The minimum absolute atomic E-state index is 0.0890. The Labute approximate surface area is 91.5 Å². The molecular formula is C11H8ClFN2. The summed E-state index contributed by atoms with van der Waals surface area (Å²) in [5, 5.41) is 0.0890. The van der Waals surface area contributed by atoms with E-state index in [1.165, 1.54) is 12.1 Å². The average Bonchev–Trinajstić information content (AvgIpc) is 2.23. The predicted molar refractivity (Wildman–Crippen MR) is 59.1 cm³/mol. The standard InChI is InChI=1S/C11H8ClFN2/c12-9-5-7(1-3-10(9)13)11-4-2-8(14)6-15-11/h1-6H,14H2. The van der Waals surface area contributed by atoms with Crippen molar-refractivity contribution in [3.8, 4) is 11.3 Å². The molecule has 0 spiro atoms. The first-order valence-corrected chi connectivity index (χ1v) is 4.71. The summed E-state index contributed by atoms with van der Waals surface area (Å²) in [5.41, 5.74) is 7.58. The number of aromatic nitrogens is 1. The molecule has 0 atom stereocenters. The summed E-state index contributed by atoms with van der Waals surface area (Å²) in [5.74, 6) is -0.434. The molecule has 15 heavy (non-hydrogen) atoms. The van der Waals surface area contributed by atoms with Gasteiger partial charge in [-0.3, -0.25) is 4.98 Å². The molecule has 2 N–H and O–H groups in total. The summed E-state index contributed by atoms with van der Waals surface area (Å²) in [6.45, 7) is 0. The second kappa shape index (κ2) is 3.87. The first-order chi connectivity index (χ1) is 7.16. The lowest BCUT2D eigenvalue weighted by atomic mass is 10.1. The number of hydrogen-bond donors (Lipinski definition) is 1. The summed E-state index contributed by atoms with van der Waals surface area (Å²) in [4.78, 5) is 4.11. The fourth-order valence-electron chi connectivity index (χ4n) is 1.23. The van der Waals surface area contributed by atoms with Gasteiger partial charge >= 0.3 is 0 Å². The Morgan fingerprint density at radius 2 is 2.00 bits per heavy atom. The third-order valence-corrected chi connectivity index (χ3v) is 2.29. The van der Waals surface area contributed by atoms with E-state index >= 15 is 0 Å². The summed E-state index contributed by atoms with van der Waals surface area (Å²) in [7, 11) is 0. The van der Waals surface area contributed by atoms with E-state index in [4.69, 9.17) is 17.3 Å². The number of anilines is 1. The Morgan fingerprint density at radius 3 is 2.60 bits per heavy atom. The van der Waals surface area contributed by atoms with E-state index in [9.17, 15) is 4.39 Å². The van der Waals surface area contributed by atoms with Gasteiger partial charge in [-0.1, -0.05) is 11.6 Å². The van der Waals surface area contributed by atoms with E-state index in [-0.39, 0.29) is 5.02 Å². The molecule has 0 aliphatic carbocycles. The molecule has 0 radical (unpaired) electrons. The summed E-state index contributed by atoms with van der Waals surface area (Å²) in [6, 6.07) is 7.98. The lowest BCUT2D eigenvalue weighted by molar-refractivity contribution is 0.628. The van der Waals surface area contributed by atoms with Gasteiger partial charge in [0.2, 0.25) is 0 Å². The summed E-state index contributed by atoms with van der Waals surface area (Å²) >= 11 is 5.67. The summed E-state index contributed by atoms with van der Waals surface area (Å²) in [6.07, 6.45) is 1.55. The molecule has 1 aromatic carbocycles. The molecule has 0 aliphatic heterocycles. The number of nitrogens with two attached hydrogens (primary N) is 1. The van der Waals surface area contributed by atoms with Gasteiger partial charge in [0.05, 0.1) is 22.6 Å². The zero-order chi connectivity index (χ0) is 10.8. The van der Waals surface area contributed by atoms with Gasteiger partial charge in [-0.15, -0.1) is 0 Å². The molecule has 1 aromatic heterocycles. The maximum absolute atomic E-state index is 12.9. The largest absolute Gasteiger partial charge is 0.397 e. The molecule has 1 heterocycles. The van der Waals surface area contributed by atoms with Crippen molar-refractivity contribution in [2.45, 2.75) is 0 Å². The van der Waals surface area contributed by atoms with Crippen LogP contribution < -0.4 is 5.73 Å². The van der Waals surface area contributed by atoms with Crippen molar-refractivity contribution in [1.29, 1.82) is 0 Å². The van der Waals surface area contributed by atoms with Crippen LogP contribution in [0.4, 0.5) is 10.1 Å². The van der Waals surface area contributed by atoms with Crippen molar-refractivity contribution in [2.75, 3.05) is 5.73 Å². The molecule has 0 aliphatic rings. The molecule has 76 valence electrons. The third kappa shape index (κ3) is 2.07. The lowest BCUT2D eigenvalue weighted by Gasteiger charge is -2.02. The highest BCUT2D eigenvalue weighted by Gasteiger charge is 2.03. The van der Waals surface area contributed by atoms with Crippen LogP contribution in [0.15, 0.2) is 36.5 Å². The van der Waals surface area contributed by atoms with E-state index < -0.39 is 5.82 Å². The predicted octanol–water partition coefficient (Wildman–Crippen LogP) is 3.12. The van der Waals surface area contributed by atoms with Crippen molar-refractivity contribution >= 4 is 17.3 Å². The van der Waals surface area contributed by atoms with Crippen molar-refractivity contribution in [2.24, 2.45) is 0 Å². The molecule has 0 amide bonds. The number of nitrogens with zero attached hydrogens (tertiary/aromatic N) is 1. The SMILES string of the molecule is Nc1ccc(-c2ccc(F)c(Cl)c2)nc1.